The standard InChI is InChI=1S/C57H104NO8P/c1-6-8-10-12-14-16-18-20-22-24-26-27-28-29-30-31-32-34-36-38-40-42-44-46-48-50-57(60)66-55(54-65-67(61,62)64-52-51-58(3,4)5)53-63-56(59)49-47-45-43-41-39-37-35-33-25-23-21-19-17-15-13-11-9-7-2/h8,10,14,16,20,22-23,25-27,55H,6-7,9,11-13,15,17-19,21,24,28-54H2,1-5H3/p+1/b10-8-,16-14-,22-20-,25-23-,27-26-. The van der Waals surface area contributed by atoms with Crippen LogP contribution in [-0.2, 0) is 32.7 Å². The summed E-state index contributed by atoms with van der Waals surface area (Å²) in [6, 6.07) is 0. The Bertz CT molecular complexity index is 1320. The van der Waals surface area contributed by atoms with Gasteiger partial charge < -0.3 is 18.9 Å². The number of nitrogens with zero attached hydrogens (tertiary/aromatic N) is 1. The molecule has 0 spiro atoms. The Morgan fingerprint density at radius 3 is 1.28 bits per heavy atom. The number of phosphoric acid groups is 1. The highest BCUT2D eigenvalue weighted by molar-refractivity contribution is 7.47. The summed E-state index contributed by atoms with van der Waals surface area (Å²) in [6.45, 7) is 4.33. The van der Waals surface area contributed by atoms with Crippen LogP contribution < -0.4 is 0 Å². The molecule has 390 valence electrons. The highest BCUT2D eigenvalue weighted by Gasteiger charge is 2.27. The molecule has 10 heteroatoms. The van der Waals surface area contributed by atoms with Crippen LogP contribution in [0.5, 0.6) is 0 Å². The van der Waals surface area contributed by atoms with Crippen molar-refractivity contribution in [1.82, 2.24) is 0 Å². The van der Waals surface area contributed by atoms with Gasteiger partial charge in [0.15, 0.2) is 6.10 Å². The van der Waals surface area contributed by atoms with Crippen LogP contribution in [0.1, 0.15) is 239 Å². The first-order chi connectivity index (χ1) is 32.5. The zero-order valence-corrected chi connectivity index (χ0v) is 45.0. The number of hydrogen-bond acceptors (Lipinski definition) is 7. The van der Waals surface area contributed by atoms with Crippen molar-refractivity contribution in [3.8, 4) is 0 Å². The van der Waals surface area contributed by atoms with Gasteiger partial charge in [0.25, 0.3) is 0 Å². The highest BCUT2D eigenvalue weighted by Crippen LogP contribution is 2.43. The van der Waals surface area contributed by atoms with E-state index in [2.05, 4.69) is 74.6 Å². The number of allylic oxidation sites excluding steroid dienone is 10. The van der Waals surface area contributed by atoms with Crippen molar-refractivity contribution in [2.45, 2.75) is 245 Å². The number of quaternary nitrogens is 1. The van der Waals surface area contributed by atoms with Gasteiger partial charge in [-0.05, 0) is 77.0 Å². The number of likely N-dealkylation sites (N-methyl/N-ethyl adjacent to an activating group) is 1. The molecule has 0 heterocycles. The molecule has 0 aliphatic heterocycles. The summed E-state index contributed by atoms with van der Waals surface area (Å²) in [4.78, 5) is 35.6. The van der Waals surface area contributed by atoms with E-state index in [-0.39, 0.29) is 32.0 Å². The lowest BCUT2D eigenvalue weighted by Gasteiger charge is -2.24. The number of carbonyl (C=O) groups is 2. The second kappa shape index (κ2) is 48.7. The molecule has 0 aliphatic rings. The number of phosphoric ester groups is 1. The molecular formula is C57H105NO8P+. The summed E-state index contributed by atoms with van der Waals surface area (Å²) in [7, 11) is 1.47. The van der Waals surface area contributed by atoms with Crippen LogP contribution in [0.2, 0.25) is 0 Å². The van der Waals surface area contributed by atoms with Gasteiger partial charge in [0.1, 0.15) is 19.8 Å². The van der Waals surface area contributed by atoms with E-state index >= 15 is 0 Å². The monoisotopic (exact) mass is 963 g/mol. The lowest BCUT2D eigenvalue weighted by Crippen LogP contribution is -2.37. The molecule has 0 aromatic heterocycles. The summed E-state index contributed by atoms with van der Waals surface area (Å²) in [6.07, 6.45) is 61.3. The zero-order valence-electron chi connectivity index (χ0n) is 44.1. The first-order valence-corrected chi connectivity index (χ1v) is 29.0. The summed E-state index contributed by atoms with van der Waals surface area (Å²) in [5, 5.41) is 0. The van der Waals surface area contributed by atoms with Crippen molar-refractivity contribution < 1.29 is 42.1 Å². The van der Waals surface area contributed by atoms with E-state index < -0.39 is 26.5 Å². The highest BCUT2D eigenvalue weighted by atomic mass is 31.2. The minimum Gasteiger partial charge on any atom is -0.462 e. The second-order valence-corrected chi connectivity index (χ2v) is 21.0. The van der Waals surface area contributed by atoms with Crippen LogP contribution >= 0.6 is 7.82 Å². The van der Waals surface area contributed by atoms with E-state index in [0.29, 0.717) is 17.4 Å². The van der Waals surface area contributed by atoms with Crippen molar-refractivity contribution in [3.05, 3.63) is 60.8 Å². The smallest absolute Gasteiger partial charge is 0.462 e. The SMILES string of the molecule is CC/C=C\C/C=C\C/C=C\C/C=C\CCCCCCCCCCCCCCC(=O)OC(COC(=O)CCCCCCCCC/C=C\CCCCCCCCC)COP(=O)(O)OCC[N+](C)(C)C. The van der Waals surface area contributed by atoms with Gasteiger partial charge >= 0.3 is 19.8 Å². The van der Waals surface area contributed by atoms with Gasteiger partial charge in [-0.2, -0.15) is 0 Å². The number of rotatable bonds is 50. The Hall–Kier alpha value is -2.29. The number of hydrogen-bond donors (Lipinski definition) is 1. The number of carbonyl (C=O) groups excluding carboxylic acids is 2. The average molecular weight is 963 g/mol. The molecule has 2 atom stereocenters. The summed E-state index contributed by atoms with van der Waals surface area (Å²) >= 11 is 0. The Balaban J connectivity index is 4.20. The quantitative estimate of drug-likeness (QED) is 0.0211. The van der Waals surface area contributed by atoms with E-state index in [1.807, 2.05) is 21.1 Å². The molecule has 67 heavy (non-hydrogen) atoms. The largest absolute Gasteiger partial charge is 0.472 e. The molecule has 2 unspecified atom stereocenters. The molecule has 0 radical (unpaired) electrons. The number of esters is 2. The average Bonchev–Trinajstić information content (AvgIpc) is 3.29. The molecule has 0 aromatic carbocycles. The van der Waals surface area contributed by atoms with Gasteiger partial charge in [0.05, 0.1) is 27.7 Å². The Labute approximate surface area is 413 Å². The van der Waals surface area contributed by atoms with Crippen LogP contribution in [0.15, 0.2) is 60.8 Å². The molecule has 0 aliphatic carbocycles. The van der Waals surface area contributed by atoms with Crippen LogP contribution in [0, 0.1) is 0 Å². The normalized spacial score (nSPS) is 13.8. The van der Waals surface area contributed by atoms with E-state index in [4.69, 9.17) is 18.5 Å². The van der Waals surface area contributed by atoms with Crippen LogP contribution in [0.4, 0.5) is 0 Å². The van der Waals surface area contributed by atoms with Crippen LogP contribution in [0.25, 0.3) is 0 Å². The first kappa shape index (κ1) is 64.7. The van der Waals surface area contributed by atoms with Crippen molar-refractivity contribution in [3.63, 3.8) is 0 Å². The van der Waals surface area contributed by atoms with Crippen LogP contribution in [-0.4, -0.2) is 74.9 Å². The summed E-state index contributed by atoms with van der Waals surface area (Å²) in [5.41, 5.74) is 0. The van der Waals surface area contributed by atoms with Gasteiger partial charge in [0.2, 0.25) is 0 Å². The lowest BCUT2D eigenvalue weighted by atomic mass is 10.0. The van der Waals surface area contributed by atoms with E-state index in [0.717, 1.165) is 64.2 Å². The molecule has 0 saturated heterocycles. The maximum atomic E-state index is 12.8. The zero-order chi connectivity index (χ0) is 49.2. The lowest BCUT2D eigenvalue weighted by molar-refractivity contribution is -0.870. The molecule has 1 N–H and O–H groups in total. The fourth-order valence-corrected chi connectivity index (χ4v) is 8.27. The maximum Gasteiger partial charge on any atom is 0.472 e. The Morgan fingerprint density at radius 2 is 0.851 bits per heavy atom. The molecule has 9 nitrogen and oxygen atoms in total. The van der Waals surface area contributed by atoms with Gasteiger partial charge in [-0.25, -0.2) is 4.57 Å². The van der Waals surface area contributed by atoms with Gasteiger partial charge in [-0.3, -0.25) is 18.6 Å². The predicted octanol–water partition coefficient (Wildman–Crippen LogP) is 16.8. The molecular weight excluding hydrogens is 858 g/mol. The molecule has 0 rings (SSSR count). The summed E-state index contributed by atoms with van der Waals surface area (Å²) in [5.74, 6) is -0.800. The molecule has 0 fully saturated rings. The third-order valence-electron chi connectivity index (χ3n) is 11.8. The molecule has 0 amide bonds. The summed E-state index contributed by atoms with van der Waals surface area (Å²) < 4.78 is 34.5. The van der Waals surface area contributed by atoms with Gasteiger partial charge in [0, 0.05) is 12.8 Å². The Kier molecular flexibility index (Phi) is 47.1. The molecule has 0 bridgehead atoms. The number of ether oxygens (including phenoxy) is 2. The minimum absolute atomic E-state index is 0.0294. The van der Waals surface area contributed by atoms with E-state index in [1.54, 1.807) is 0 Å². The van der Waals surface area contributed by atoms with Gasteiger partial charge in [-0.15, -0.1) is 0 Å². The minimum atomic E-state index is -4.39. The first-order valence-electron chi connectivity index (χ1n) is 27.5. The van der Waals surface area contributed by atoms with E-state index in [9.17, 15) is 19.0 Å². The van der Waals surface area contributed by atoms with Crippen molar-refractivity contribution in [2.24, 2.45) is 0 Å². The molecule has 0 saturated carbocycles. The van der Waals surface area contributed by atoms with Crippen molar-refractivity contribution >= 4 is 19.8 Å². The maximum absolute atomic E-state index is 12.8. The fourth-order valence-electron chi connectivity index (χ4n) is 7.53. The number of unbranched alkanes of at least 4 members (excludes halogenated alkanes) is 26. The van der Waals surface area contributed by atoms with Gasteiger partial charge in [-0.1, -0.05) is 209 Å². The van der Waals surface area contributed by atoms with Crippen molar-refractivity contribution in [1.29, 1.82) is 0 Å². The van der Waals surface area contributed by atoms with Crippen molar-refractivity contribution in [2.75, 3.05) is 47.5 Å². The Morgan fingerprint density at radius 1 is 0.478 bits per heavy atom. The third-order valence-corrected chi connectivity index (χ3v) is 12.8. The second-order valence-electron chi connectivity index (χ2n) is 19.6. The van der Waals surface area contributed by atoms with E-state index in [1.165, 1.54) is 141 Å². The topological polar surface area (TPSA) is 108 Å². The van der Waals surface area contributed by atoms with Crippen LogP contribution in [0.3, 0.4) is 0 Å². The molecule has 0 aromatic rings. The fraction of sp³-hybridized carbons (Fsp3) is 0.789. The third kappa shape index (κ3) is 52.9. The predicted molar refractivity (Wildman–Crippen MR) is 284 cm³/mol.